The van der Waals surface area contributed by atoms with E-state index in [-0.39, 0.29) is 0 Å². The molecular weight excluding hydrogens is 276 g/mol. The van der Waals surface area contributed by atoms with Crippen LogP contribution < -0.4 is 9.47 Å². The third kappa shape index (κ3) is 2.44. The van der Waals surface area contributed by atoms with Gasteiger partial charge in [-0.05, 0) is 30.7 Å². The molecule has 1 heterocycles. The minimum Gasteiger partial charge on any atom is -0.493 e. The van der Waals surface area contributed by atoms with Gasteiger partial charge in [-0.2, -0.15) is 0 Å². The molecule has 0 aliphatic carbocycles. The van der Waals surface area contributed by atoms with Crippen LogP contribution >= 0.6 is 0 Å². The second-order valence-electron chi connectivity index (χ2n) is 4.97. The quantitative estimate of drug-likeness (QED) is 0.724. The SMILES string of the molecule is C=CCc1cc(-c2nc3ccccc3[nH]2)cc(OC)c1OC. The number of rotatable bonds is 5. The number of nitrogens with zero attached hydrogens (tertiary/aromatic N) is 1. The van der Waals surface area contributed by atoms with Gasteiger partial charge < -0.3 is 14.5 Å². The van der Waals surface area contributed by atoms with Gasteiger partial charge in [0.05, 0.1) is 25.3 Å². The second-order valence-corrected chi connectivity index (χ2v) is 4.97. The number of H-pyrrole nitrogens is 1. The smallest absolute Gasteiger partial charge is 0.164 e. The normalized spacial score (nSPS) is 10.6. The number of nitrogens with one attached hydrogen (secondary N) is 1. The van der Waals surface area contributed by atoms with Crippen molar-refractivity contribution >= 4 is 11.0 Å². The van der Waals surface area contributed by atoms with Crippen LogP contribution in [0.1, 0.15) is 5.56 Å². The van der Waals surface area contributed by atoms with Crippen LogP contribution in [0.25, 0.3) is 22.4 Å². The molecule has 0 bridgehead atoms. The van der Waals surface area contributed by atoms with Crippen molar-refractivity contribution in [1.29, 1.82) is 0 Å². The standard InChI is InChI=1S/C18H18N2O2/c1-4-7-12-10-13(11-16(21-2)17(12)22-3)18-19-14-8-5-6-9-15(14)20-18/h4-6,8-11H,1,7H2,2-3H3,(H,19,20). The van der Waals surface area contributed by atoms with E-state index in [1.807, 2.05) is 36.4 Å². The zero-order valence-electron chi connectivity index (χ0n) is 12.7. The third-order valence-corrected chi connectivity index (χ3v) is 3.58. The van der Waals surface area contributed by atoms with Crippen LogP contribution in [-0.2, 0) is 6.42 Å². The lowest BCUT2D eigenvalue weighted by atomic mass is 10.1. The van der Waals surface area contributed by atoms with E-state index < -0.39 is 0 Å². The van der Waals surface area contributed by atoms with Gasteiger partial charge in [0, 0.05) is 11.1 Å². The predicted molar refractivity (Wildman–Crippen MR) is 88.5 cm³/mol. The fourth-order valence-electron chi connectivity index (χ4n) is 2.58. The van der Waals surface area contributed by atoms with Crippen molar-refractivity contribution in [3.05, 3.63) is 54.6 Å². The van der Waals surface area contributed by atoms with Gasteiger partial charge in [-0.15, -0.1) is 6.58 Å². The first-order chi connectivity index (χ1) is 10.8. The number of imidazole rings is 1. The summed E-state index contributed by atoms with van der Waals surface area (Å²) in [6.07, 6.45) is 2.55. The number of para-hydroxylation sites is 2. The molecule has 0 aliphatic heterocycles. The predicted octanol–water partition coefficient (Wildman–Crippen LogP) is 3.98. The van der Waals surface area contributed by atoms with Gasteiger partial charge in [0.25, 0.3) is 0 Å². The Kier molecular flexibility index (Phi) is 3.83. The molecule has 0 saturated carbocycles. The molecule has 22 heavy (non-hydrogen) atoms. The Morgan fingerprint density at radius 3 is 2.68 bits per heavy atom. The molecule has 0 unspecified atom stereocenters. The molecule has 4 heteroatoms. The molecule has 3 rings (SSSR count). The largest absolute Gasteiger partial charge is 0.493 e. The molecular formula is C18H18N2O2. The number of hydrogen-bond donors (Lipinski definition) is 1. The zero-order valence-corrected chi connectivity index (χ0v) is 12.7. The highest BCUT2D eigenvalue weighted by molar-refractivity contribution is 5.80. The van der Waals surface area contributed by atoms with Gasteiger partial charge in [-0.3, -0.25) is 0 Å². The number of benzene rings is 2. The lowest BCUT2D eigenvalue weighted by Crippen LogP contribution is -1.97. The van der Waals surface area contributed by atoms with Gasteiger partial charge in [0.1, 0.15) is 5.82 Å². The zero-order chi connectivity index (χ0) is 15.5. The van der Waals surface area contributed by atoms with Crippen molar-refractivity contribution in [3.63, 3.8) is 0 Å². The van der Waals surface area contributed by atoms with Gasteiger partial charge in [0.15, 0.2) is 11.5 Å². The van der Waals surface area contributed by atoms with Crippen LogP contribution in [0.2, 0.25) is 0 Å². The molecule has 4 nitrogen and oxygen atoms in total. The first kappa shape index (κ1) is 14.2. The van der Waals surface area contributed by atoms with Crippen LogP contribution in [0.15, 0.2) is 49.1 Å². The Morgan fingerprint density at radius 2 is 2.00 bits per heavy atom. The summed E-state index contributed by atoms with van der Waals surface area (Å²) in [6.45, 7) is 3.80. The summed E-state index contributed by atoms with van der Waals surface area (Å²) in [5, 5.41) is 0. The highest BCUT2D eigenvalue weighted by Gasteiger charge is 2.14. The Morgan fingerprint density at radius 1 is 1.18 bits per heavy atom. The van der Waals surface area contributed by atoms with E-state index >= 15 is 0 Å². The van der Waals surface area contributed by atoms with Gasteiger partial charge in [-0.25, -0.2) is 4.98 Å². The molecule has 0 spiro atoms. The summed E-state index contributed by atoms with van der Waals surface area (Å²) in [5.74, 6) is 2.24. The summed E-state index contributed by atoms with van der Waals surface area (Å²) in [6, 6.07) is 12.0. The Labute approximate surface area is 129 Å². The van der Waals surface area contributed by atoms with Crippen LogP contribution in [-0.4, -0.2) is 24.2 Å². The van der Waals surface area contributed by atoms with E-state index in [0.717, 1.165) is 33.7 Å². The monoisotopic (exact) mass is 294 g/mol. The van der Waals surface area contributed by atoms with Crippen LogP contribution in [0.4, 0.5) is 0 Å². The minimum atomic E-state index is 0.692. The summed E-state index contributed by atoms with van der Waals surface area (Å²) in [5.41, 5.74) is 3.94. The first-order valence-electron chi connectivity index (χ1n) is 7.07. The van der Waals surface area contributed by atoms with Crippen molar-refractivity contribution in [1.82, 2.24) is 9.97 Å². The molecule has 0 fully saturated rings. The number of ether oxygens (including phenoxy) is 2. The maximum absolute atomic E-state index is 5.47. The number of fused-ring (bicyclic) bond motifs is 1. The van der Waals surface area contributed by atoms with E-state index in [1.165, 1.54) is 0 Å². The molecule has 0 saturated heterocycles. The number of hydrogen-bond acceptors (Lipinski definition) is 3. The van der Waals surface area contributed by atoms with E-state index in [4.69, 9.17) is 9.47 Å². The number of methoxy groups -OCH3 is 2. The van der Waals surface area contributed by atoms with E-state index in [0.29, 0.717) is 12.2 Å². The molecule has 0 atom stereocenters. The third-order valence-electron chi connectivity index (χ3n) is 3.58. The molecule has 0 radical (unpaired) electrons. The molecule has 0 aliphatic rings. The lowest BCUT2D eigenvalue weighted by molar-refractivity contribution is 0.352. The van der Waals surface area contributed by atoms with Crippen molar-refractivity contribution < 1.29 is 9.47 Å². The maximum atomic E-state index is 5.47. The highest BCUT2D eigenvalue weighted by atomic mass is 16.5. The molecule has 2 aromatic carbocycles. The first-order valence-corrected chi connectivity index (χ1v) is 7.07. The summed E-state index contributed by atoms with van der Waals surface area (Å²) in [7, 11) is 3.28. The molecule has 1 aromatic heterocycles. The van der Waals surface area contributed by atoms with Crippen LogP contribution in [0, 0.1) is 0 Å². The van der Waals surface area contributed by atoms with Gasteiger partial charge in [0.2, 0.25) is 0 Å². The lowest BCUT2D eigenvalue weighted by Gasteiger charge is -2.13. The summed E-state index contributed by atoms with van der Waals surface area (Å²) >= 11 is 0. The Balaban J connectivity index is 2.17. The average molecular weight is 294 g/mol. The van der Waals surface area contributed by atoms with Crippen LogP contribution in [0.3, 0.4) is 0 Å². The molecule has 112 valence electrons. The van der Waals surface area contributed by atoms with Crippen molar-refractivity contribution in [2.45, 2.75) is 6.42 Å². The molecule has 0 amide bonds. The van der Waals surface area contributed by atoms with Crippen molar-refractivity contribution in [2.24, 2.45) is 0 Å². The van der Waals surface area contributed by atoms with Crippen LogP contribution in [0.5, 0.6) is 11.5 Å². The van der Waals surface area contributed by atoms with Crippen molar-refractivity contribution in [3.8, 4) is 22.9 Å². The fraction of sp³-hybridized carbons (Fsp3) is 0.167. The average Bonchev–Trinajstić information content (AvgIpc) is 2.98. The Hall–Kier alpha value is -2.75. The second kappa shape index (κ2) is 5.93. The fourth-order valence-corrected chi connectivity index (χ4v) is 2.58. The van der Waals surface area contributed by atoms with E-state index in [9.17, 15) is 0 Å². The summed E-state index contributed by atoms with van der Waals surface area (Å²) in [4.78, 5) is 7.97. The summed E-state index contributed by atoms with van der Waals surface area (Å²) < 4.78 is 10.9. The number of aromatic amines is 1. The van der Waals surface area contributed by atoms with Gasteiger partial charge in [-0.1, -0.05) is 18.2 Å². The van der Waals surface area contributed by atoms with E-state index in [1.54, 1.807) is 14.2 Å². The number of allylic oxidation sites excluding steroid dienone is 1. The molecule has 3 aromatic rings. The van der Waals surface area contributed by atoms with Gasteiger partial charge >= 0.3 is 0 Å². The maximum Gasteiger partial charge on any atom is 0.164 e. The van der Waals surface area contributed by atoms with E-state index in [2.05, 4.69) is 22.6 Å². The van der Waals surface area contributed by atoms with Crippen molar-refractivity contribution in [2.75, 3.05) is 14.2 Å². The minimum absolute atomic E-state index is 0.692. The molecule has 1 N–H and O–H groups in total. The highest BCUT2D eigenvalue weighted by Crippen LogP contribution is 2.36. The Bertz CT molecular complexity index is 788. The number of aromatic nitrogens is 2. The topological polar surface area (TPSA) is 47.1 Å².